The standard InChI is InChI=1S/C9H15N5O4/c10-9-13-7-5(8(18)14-9)12-3(1-11-7)6(17)4(16)2-15/h3-4,6,12,15-17H,1-2H2,(H4,10,11,13,14,18)/t3-,4-,6-/m0/s1. The fourth-order valence-electron chi connectivity index (χ4n) is 1.78. The summed E-state index contributed by atoms with van der Waals surface area (Å²) in [5, 5.41) is 33.5. The van der Waals surface area contributed by atoms with E-state index in [1.165, 1.54) is 0 Å². The Hall–Kier alpha value is -1.84. The Morgan fingerprint density at radius 2 is 2.22 bits per heavy atom. The SMILES string of the molecule is Nc1nc2c(c(=O)[nH]1)N[C@H]([C@H](O)[C@@H](O)CO)CN2. The van der Waals surface area contributed by atoms with Gasteiger partial charge in [-0.2, -0.15) is 4.98 Å². The molecule has 0 saturated carbocycles. The molecule has 0 saturated heterocycles. The molecule has 0 radical (unpaired) electrons. The van der Waals surface area contributed by atoms with Crippen LogP contribution in [-0.4, -0.2) is 56.7 Å². The number of fused-ring (bicyclic) bond motifs is 1. The van der Waals surface area contributed by atoms with E-state index in [2.05, 4.69) is 20.6 Å². The highest BCUT2D eigenvalue weighted by molar-refractivity contribution is 5.67. The van der Waals surface area contributed by atoms with E-state index in [1.54, 1.807) is 0 Å². The number of nitrogens with zero attached hydrogens (tertiary/aromatic N) is 1. The van der Waals surface area contributed by atoms with E-state index in [0.717, 1.165) is 0 Å². The first-order chi connectivity index (χ1) is 8.52. The van der Waals surface area contributed by atoms with Crippen LogP contribution >= 0.6 is 0 Å². The van der Waals surface area contributed by atoms with Crippen molar-refractivity contribution in [2.45, 2.75) is 18.2 Å². The Morgan fingerprint density at radius 3 is 2.89 bits per heavy atom. The normalized spacial score (nSPS) is 21.4. The maximum absolute atomic E-state index is 11.6. The maximum atomic E-state index is 11.6. The van der Waals surface area contributed by atoms with Gasteiger partial charge in [-0.05, 0) is 0 Å². The van der Waals surface area contributed by atoms with Gasteiger partial charge >= 0.3 is 0 Å². The van der Waals surface area contributed by atoms with E-state index in [1.807, 2.05) is 0 Å². The Morgan fingerprint density at radius 1 is 1.50 bits per heavy atom. The van der Waals surface area contributed by atoms with Gasteiger partial charge in [-0.15, -0.1) is 0 Å². The summed E-state index contributed by atoms with van der Waals surface area (Å²) >= 11 is 0. The summed E-state index contributed by atoms with van der Waals surface area (Å²) < 4.78 is 0. The second-order valence-corrected chi connectivity index (χ2v) is 4.05. The number of hydrogen-bond donors (Lipinski definition) is 7. The van der Waals surface area contributed by atoms with Crippen LogP contribution in [0, 0.1) is 0 Å². The lowest BCUT2D eigenvalue weighted by molar-refractivity contribution is -0.0210. The zero-order valence-electron chi connectivity index (χ0n) is 9.42. The predicted molar refractivity (Wildman–Crippen MR) is 64.3 cm³/mol. The Labute approximate surface area is 102 Å². The van der Waals surface area contributed by atoms with Crippen molar-refractivity contribution in [1.82, 2.24) is 9.97 Å². The second kappa shape index (κ2) is 4.80. The molecule has 1 aliphatic heterocycles. The van der Waals surface area contributed by atoms with Crippen LogP contribution in [0.2, 0.25) is 0 Å². The van der Waals surface area contributed by atoms with Gasteiger partial charge in [0.05, 0.1) is 12.6 Å². The number of nitrogen functional groups attached to an aromatic ring is 1. The van der Waals surface area contributed by atoms with Crippen molar-refractivity contribution in [1.29, 1.82) is 0 Å². The molecule has 1 aliphatic rings. The minimum atomic E-state index is -1.29. The van der Waals surface area contributed by atoms with Gasteiger partial charge in [0.25, 0.3) is 5.56 Å². The molecule has 100 valence electrons. The summed E-state index contributed by atoms with van der Waals surface area (Å²) in [6, 6.07) is -0.619. The average Bonchev–Trinajstić information content (AvgIpc) is 2.36. The highest BCUT2D eigenvalue weighted by Gasteiger charge is 2.30. The van der Waals surface area contributed by atoms with Crippen LogP contribution in [-0.2, 0) is 0 Å². The third kappa shape index (κ3) is 2.23. The molecule has 0 aromatic carbocycles. The summed E-state index contributed by atoms with van der Waals surface area (Å²) in [6.45, 7) is -0.330. The van der Waals surface area contributed by atoms with Crippen molar-refractivity contribution in [3.63, 3.8) is 0 Å². The molecule has 8 N–H and O–H groups in total. The van der Waals surface area contributed by atoms with Gasteiger partial charge in [0.2, 0.25) is 5.95 Å². The minimum Gasteiger partial charge on any atom is -0.394 e. The number of nitrogens with one attached hydrogen (secondary N) is 3. The van der Waals surface area contributed by atoms with Gasteiger partial charge in [-0.25, -0.2) is 0 Å². The molecular formula is C9H15N5O4. The summed E-state index contributed by atoms with van der Waals surface area (Å²) in [6.07, 6.45) is -2.50. The molecule has 9 nitrogen and oxygen atoms in total. The van der Waals surface area contributed by atoms with Crippen molar-refractivity contribution in [2.75, 3.05) is 29.5 Å². The predicted octanol–water partition coefficient (Wildman–Crippen LogP) is -2.73. The lowest BCUT2D eigenvalue weighted by Gasteiger charge is -2.31. The molecule has 2 heterocycles. The highest BCUT2D eigenvalue weighted by Crippen LogP contribution is 2.21. The molecule has 0 aliphatic carbocycles. The summed E-state index contributed by atoms with van der Waals surface area (Å²) in [7, 11) is 0. The first kappa shape index (κ1) is 12.6. The van der Waals surface area contributed by atoms with Gasteiger partial charge in [-0.1, -0.05) is 0 Å². The van der Waals surface area contributed by atoms with Crippen LogP contribution in [0.1, 0.15) is 0 Å². The summed E-state index contributed by atoms with van der Waals surface area (Å²) in [4.78, 5) is 17.8. The number of aromatic nitrogens is 2. The van der Waals surface area contributed by atoms with Crippen LogP contribution < -0.4 is 21.9 Å². The van der Waals surface area contributed by atoms with E-state index in [0.29, 0.717) is 0 Å². The Balaban J connectivity index is 2.22. The van der Waals surface area contributed by atoms with E-state index >= 15 is 0 Å². The van der Waals surface area contributed by atoms with Gasteiger partial charge in [0, 0.05) is 6.54 Å². The van der Waals surface area contributed by atoms with Crippen molar-refractivity contribution >= 4 is 17.5 Å². The van der Waals surface area contributed by atoms with Crippen LogP contribution in [0.4, 0.5) is 17.5 Å². The van der Waals surface area contributed by atoms with Crippen LogP contribution in [0.15, 0.2) is 4.79 Å². The van der Waals surface area contributed by atoms with E-state index < -0.39 is 30.4 Å². The Kier molecular flexibility index (Phi) is 3.36. The van der Waals surface area contributed by atoms with Crippen LogP contribution in [0.3, 0.4) is 0 Å². The summed E-state index contributed by atoms with van der Waals surface area (Å²) in [5.74, 6) is 0.278. The van der Waals surface area contributed by atoms with E-state index in [4.69, 9.17) is 10.8 Å². The smallest absolute Gasteiger partial charge is 0.277 e. The molecule has 0 bridgehead atoms. The fraction of sp³-hybridized carbons (Fsp3) is 0.556. The summed E-state index contributed by atoms with van der Waals surface area (Å²) in [5.41, 5.74) is 5.06. The minimum absolute atomic E-state index is 0.0116. The van der Waals surface area contributed by atoms with Crippen molar-refractivity contribution in [3.8, 4) is 0 Å². The molecule has 18 heavy (non-hydrogen) atoms. The van der Waals surface area contributed by atoms with Crippen LogP contribution in [0.5, 0.6) is 0 Å². The average molecular weight is 257 g/mol. The number of rotatable bonds is 3. The van der Waals surface area contributed by atoms with Crippen LogP contribution in [0.25, 0.3) is 0 Å². The van der Waals surface area contributed by atoms with Crippen molar-refractivity contribution < 1.29 is 15.3 Å². The second-order valence-electron chi connectivity index (χ2n) is 4.05. The molecule has 3 atom stereocenters. The first-order valence-corrected chi connectivity index (χ1v) is 5.40. The molecule has 1 aromatic heterocycles. The first-order valence-electron chi connectivity index (χ1n) is 5.40. The number of aliphatic hydroxyl groups is 3. The van der Waals surface area contributed by atoms with E-state index in [-0.39, 0.29) is 24.0 Å². The quantitative estimate of drug-likeness (QED) is 0.307. The highest BCUT2D eigenvalue weighted by atomic mass is 16.4. The molecule has 0 fully saturated rings. The van der Waals surface area contributed by atoms with Crippen molar-refractivity contribution in [2.24, 2.45) is 0 Å². The van der Waals surface area contributed by atoms with Gasteiger partial charge in [0.15, 0.2) is 5.82 Å². The number of aliphatic hydroxyl groups excluding tert-OH is 3. The topological polar surface area (TPSA) is 157 Å². The molecular weight excluding hydrogens is 242 g/mol. The third-order valence-corrected chi connectivity index (χ3v) is 2.75. The number of aromatic amines is 1. The van der Waals surface area contributed by atoms with Gasteiger partial charge in [0.1, 0.15) is 17.9 Å². The lowest BCUT2D eigenvalue weighted by Crippen LogP contribution is -2.50. The fourth-order valence-corrected chi connectivity index (χ4v) is 1.78. The molecule has 9 heteroatoms. The van der Waals surface area contributed by atoms with Gasteiger partial charge < -0.3 is 31.7 Å². The third-order valence-electron chi connectivity index (χ3n) is 2.75. The zero-order chi connectivity index (χ0) is 13.3. The molecule has 0 amide bonds. The largest absolute Gasteiger partial charge is 0.394 e. The molecule has 0 spiro atoms. The monoisotopic (exact) mass is 257 g/mol. The van der Waals surface area contributed by atoms with Gasteiger partial charge in [-0.3, -0.25) is 9.78 Å². The number of nitrogens with two attached hydrogens (primary N) is 1. The van der Waals surface area contributed by atoms with E-state index in [9.17, 15) is 15.0 Å². The van der Waals surface area contributed by atoms with Crippen molar-refractivity contribution in [3.05, 3.63) is 10.4 Å². The molecule has 0 unspecified atom stereocenters. The zero-order valence-corrected chi connectivity index (χ0v) is 9.42. The molecule has 2 rings (SSSR count). The number of anilines is 3. The number of H-pyrrole nitrogens is 1. The molecule has 1 aromatic rings. The Bertz CT molecular complexity index is 490. The lowest BCUT2D eigenvalue weighted by atomic mass is 10.0. The maximum Gasteiger partial charge on any atom is 0.277 e. The number of hydrogen-bond acceptors (Lipinski definition) is 8.